The third-order valence-electron chi connectivity index (χ3n) is 5.28. The molecular weight excluding hydrogens is 560 g/mol. The summed E-state index contributed by atoms with van der Waals surface area (Å²) in [6, 6.07) is 12.4. The molecule has 5 rings (SSSR count). The summed E-state index contributed by atoms with van der Waals surface area (Å²) in [4.78, 5) is 4.59. The van der Waals surface area contributed by atoms with Gasteiger partial charge in [0.25, 0.3) is 10.0 Å². The van der Waals surface area contributed by atoms with Crippen LogP contribution in [0.3, 0.4) is 0 Å². The Morgan fingerprint density at radius 1 is 1.06 bits per heavy atom. The van der Waals surface area contributed by atoms with Crippen molar-refractivity contribution in [3.05, 3.63) is 79.8 Å². The fourth-order valence-corrected chi connectivity index (χ4v) is 6.82. The smallest absolute Gasteiger partial charge is 0.260 e. The van der Waals surface area contributed by atoms with Gasteiger partial charge in [0.1, 0.15) is 0 Å². The van der Waals surface area contributed by atoms with E-state index in [4.69, 9.17) is 51.5 Å². The number of hydrogen-bond acceptors (Lipinski definition) is 6. The molecule has 1 aliphatic rings. The van der Waals surface area contributed by atoms with Gasteiger partial charge in [-0.15, -0.1) is 11.3 Å². The molecule has 0 aliphatic carbocycles. The fraction of sp³-hybridized carbons (Fsp3) is 0.143. The van der Waals surface area contributed by atoms with Crippen LogP contribution in [0.1, 0.15) is 18.0 Å². The molecule has 176 valence electrons. The number of rotatable bonds is 6. The van der Waals surface area contributed by atoms with Gasteiger partial charge in [-0.3, -0.25) is 9.41 Å². The van der Waals surface area contributed by atoms with Crippen molar-refractivity contribution in [1.82, 2.24) is 14.1 Å². The van der Waals surface area contributed by atoms with E-state index >= 15 is 0 Å². The average Bonchev–Trinajstić information content (AvgIpc) is 3.47. The zero-order valence-corrected chi connectivity index (χ0v) is 21.8. The Kier molecular flexibility index (Phi) is 6.54. The second kappa shape index (κ2) is 9.31. The van der Waals surface area contributed by atoms with Crippen molar-refractivity contribution >= 4 is 84.1 Å². The van der Waals surface area contributed by atoms with Gasteiger partial charge in [-0.2, -0.15) is 5.10 Å². The maximum atomic E-state index is 13.0. The van der Waals surface area contributed by atoms with Gasteiger partial charge >= 0.3 is 0 Å². The van der Waals surface area contributed by atoms with Gasteiger partial charge in [0.2, 0.25) is 0 Å². The van der Waals surface area contributed by atoms with Gasteiger partial charge in [0.15, 0.2) is 15.1 Å². The topological polar surface area (TPSA) is 79.1 Å². The van der Waals surface area contributed by atoms with Crippen LogP contribution in [0.2, 0.25) is 20.2 Å². The quantitative estimate of drug-likeness (QED) is 0.293. The number of fused-ring (bicyclic) bond motifs is 1. The Hall–Kier alpha value is -1.85. The number of nitrogens with one attached hydrogen (secondary N) is 1. The van der Waals surface area contributed by atoms with E-state index < -0.39 is 10.0 Å². The second-order valence-electron chi connectivity index (χ2n) is 7.47. The number of hydrazone groups is 1. The molecule has 0 saturated heterocycles. The van der Waals surface area contributed by atoms with Crippen molar-refractivity contribution < 1.29 is 8.42 Å². The largest absolute Gasteiger partial charge is 0.279 e. The van der Waals surface area contributed by atoms with Crippen LogP contribution >= 0.6 is 57.7 Å². The minimum Gasteiger partial charge on any atom is -0.279 e. The normalized spacial score (nSPS) is 16.4. The molecule has 1 atom stereocenters. The summed E-state index contributed by atoms with van der Waals surface area (Å²) < 4.78 is 30.1. The average molecular weight is 575 g/mol. The minimum absolute atomic E-state index is 0.0121. The summed E-state index contributed by atoms with van der Waals surface area (Å²) in [6.07, 6.45) is 2.08. The molecule has 2 aromatic carbocycles. The molecule has 4 aromatic rings. The van der Waals surface area contributed by atoms with E-state index in [0.29, 0.717) is 37.8 Å². The molecule has 3 heterocycles. The Morgan fingerprint density at radius 2 is 1.79 bits per heavy atom. The molecule has 2 aromatic heterocycles. The van der Waals surface area contributed by atoms with Gasteiger partial charge in [0, 0.05) is 28.0 Å². The third kappa shape index (κ3) is 4.54. The highest BCUT2D eigenvalue weighted by atomic mass is 35.5. The number of anilines is 1. The van der Waals surface area contributed by atoms with E-state index in [0.717, 1.165) is 5.56 Å². The molecule has 0 amide bonds. The van der Waals surface area contributed by atoms with Gasteiger partial charge in [-0.25, -0.2) is 18.1 Å². The number of benzene rings is 2. The van der Waals surface area contributed by atoms with Crippen molar-refractivity contribution in [3.8, 4) is 0 Å². The molecule has 1 N–H and O–H groups in total. The van der Waals surface area contributed by atoms with Crippen molar-refractivity contribution in [3.63, 3.8) is 0 Å². The first-order valence-electron chi connectivity index (χ1n) is 9.90. The first kappa shape index (κ1) is 23.9. The minimum atomic E-state index is -3.95. The number of aromatic nitrogens is 2. The standard InChI is InChI=1S/C21H15Cl4N5O2S2/c22-13-3-1-12(2-4-13)18-10-15(28-30(18)17-6-5-14(23)9-16(17)24)11-26-34(31,32)20-19(25)27-21-29(20)7-8-33-21/h1-9,18,26H,10-11H2/t18-/m1/s1. The Balaban J connectivity index is 1.44. The first-order chi connectivity index (χ1) is 16.2. The number of thiazole rings is 1. The SMILES string of the molecule is O=S(=O)(NCC1=NN(c2ccc(Cl)cc2Cl)[C@@H](c2ccc(Cl)cc2)C1)c1c(Cl)nc2sccn12. The van der Waals surface area contributed by atoms with E-state index in [9.17, 15) is 8.42 Å². The fourth-order valence-electron chi connectivity index (χ4n) is 3.74. The highest BCUT2D eigenvalue weighted by Gasteiger charge is 2.32. The summed E-state index contributed by atoms with van der Waals surface area (Å²) >= 11 is 26.0. The van der Waals surface area contributed by atoms with Crippen LogP contribution in [0.5, 0.6) is 0 Å². The molecule has 34 heavy (non-hydrogen) atoms. The van der Waals surface area contributed by atoms with Gasteiger partial charge in [0.05, 0.1) is 29.0 Å². The van der Waals surface area contributed by atoms with E-state index in [1.807, 2.05) is 12.1 Å². The molecule has 0 saturated carbocycles. The molecule has 0 unspecified atom stereocenters. The van der Waals surface area contributed by atoms with Crippen LogP contribution in [0, 0.1) is 0 Å². The molecule has 0 bridgehead atoms. The number of imidazole rings is 1. The lowest BCUT2D eigenvalue weighted by Gasteiger charge is -2.25. The lowest BCUT2D eigenvalue weighted by molar-refractivity contribution is 0.581. The molecule has 13 heteroatoms. The van der Waals surface area contributed by atoms with Gasteiger partial charge in [-0.05, 0) is 35.9 Å². The predicted molar refractivity (Wildman–Crippen MR) is 138 cm³/mol. The monoisotopic (exact) mass is 573 g/mol. The lowest BCUT2D eigenvalue weighted by Crippen LogP contribution is -2.30. The number of hydrogen-bond donors (Lipinski definition) is 1. The Bertz CT molecular complexity index is 1520. The molecule has 0 radical (unpaired) electrons. The van der Waals surface area contributed by atoms with Gasteiger partial charge < -0.3 is 0 Å². The Morgan fingerprint density at radius 3 is 2.53 bits per heavy atom. The molecule has 1 aliphatic heterocycles. The summed E-state index contributed by atoms with van der Waals surface area (Å²) in [5.74, 6) is 0. The van der Waals surface area contributed by atoms with Crippen LogP contribution in [0.4, 0.5) is 5.69 Å². The second-order valence-corrected chi connectivity index (χ2v) is 11.7. The summed E-state index contributed by atoms with van der Waals surface area (Å²) in [5.41, 5.74) is 2.23. The highest BCUT2D eigenvalue weighted by molar-refractivity contribution is 7.89. The maximum absolute atomic E-state index is 13.0. The van der Waals surface area contributed by atoms with Crippen LogP contribution in [0.25, 0.3) is 4.96 Å². The third-order valence-corrected chi connectivity index (χ3v) is 8.63. The predicted octanol–water partition coefficient (Wildman–Crippen LogP) is 6.30. The lowest BCUT2D eigenvalue weighted by atomic mass is 10.0. The number of sulfonamides is 1. The van der Waals surface area contributed by atoms with E-state index in [1.54, 1.807) is 46.9 Å². The van der Waals surface area contributed by atoms with E-state index in [-0.39, 0.29) is 22.8 Å². The van der Waals surface area contributed by atoms with E-state index in [1.165, 1.54) is 15.7 Å². The summed E-state index contributed by atoms with van der Waals surface area (Å²) in [6.45, 7) is -0.0121. The zero-order chi connectivity index (χ0) is 24.0. The summed E-state index contributed by atoms with van der Waals surface area (Å²) in [7, 11) is -3.95. The molecule has 0 spiro atoms. The van der Waals surface area contributed by atoms with Crippen molar-refractivity contribution in [2.45, 2.75) is 17.5 Å². The molecule has 7 nitrogen and oxygen atoms in total. The highest BCUT2D eigenvalue weighted by Crippen LogP contribution is 2.40. The number of nitrogens with zero attached hydrogens (tertiary/aromatic N) is 4. The summed E-state index contributed by atoms with van der Waals surface area (Å²) in [5, 5.41) is 9.58. The van der Waals surface area contributed by atoms with Gasteiger partial charge in [-0.1, -0.05) is 58.5 Å². The van der Waals surface area contributed by atoms with Crippen molar-refractivity contribution in [2.75, 3.05) is 11.6 Å². The van der Waals surface area contributed by atoms with Crippen LogP contribution < -0.4 is 9.73 Å². The number of halogens is 4. The van der Waals surface area contributed by atoms with Crippen LogP contribution in [-0.2, 0) is 10.0 Å². The molecular formula is C21H15Cl4N5O2S2. The van der Waals surface area contributed by atoms with Crippen molar-refractivity contribution in [1.29, 1.82) is 0 Å². The van der Waals surface area contributed by atoms with E-state index in [2.05, 4.69) is 9.71 Å². The molecule has 0 fully saturated rings. The van der Waals surface area contributed by atoms with Crippen LogP contribution in [-0.4, -0.2) is 30.1 Å². The first-order valence-corrected chi connectivity index (χ1v) is 13.8. The maximum Gasteiger partial charge on any atom is 0.260 e. The Labute approximate surface area is 219 Å². The zero-order valence-electron chi connectivity index (χ0n) is 17.1. The van der Waals surface area contributed by atoms with Crippen LogP contribution in [0.15, 0.2) is 64.2 Å². The van der Waals surface area contributed by atoms with Crippen molar-refractivity contribution in [2.24, 2.45) is 5.10 Å².